The first-order chi connectivity index (χ1) is 12.0. The zero-order valence-electron chi connectivity index (χ0n) is 18.5. The lowest BCUT2D eigenvalue weighted by atomic mass is 10.2. The van der Waals surface area contributed by atoms with Crippen molar-refractivity contribution in [3.63, 3.8) is 0 Å². The molecule has 0 unspecified atom stereocenters. The molecule has 1 atom stereocenters. The number of rotatable bonds is 6. The largest absolute Gasteiger partial charge is 0.374 e. The highest BCUT2D eigenvalue weighted by Gasteiger charge is 2.48. The molecule has 1 aliphatic rings. The summed E-state index contributed by atoms with van der Waals surface area (Å²) in [5.41, 5.74) is -2.96. The summed E-state index contributed by atoms with van der Waals surface area (Å²) in [5, 5.41) is 0. The van der Waals surface area contributed by atoms with E-state index in [-0.39, 0.29) is 12.5 Å². The molecule has 0 saturated heterocycles. The molecule has 1 heterocycles. The predicted molar refractivity (Wildman–Crippen MR) is 109 cm³/mol. The SMILES string of the molecule is CC(C)(C)OC[C@@H](C(=O)N1CC=CCC1)P(=O)(OC(C)(C)C)OC(C)(C)C. The molecule has 0 saturated carbocycles. The normalized spacial score (nSPS) is 17.9. The van der Waals surface area contributed by atoms with Crippen molar-refractivity contribution in [1.82, 2.24) is 4.90 Å². The van der Waals surface area contributed by atoms with Crippen LogP contribution in [0.15, 0.2) is 12.2 Å². The minimum atomic E-state index is -3.82. The van der Waals surface area contributed by atoms with Gasteiger partial charge in [-0.15, -0.1) is 0 Å². The van der Waals surface area contributed by atoms with Crippen LogP contribution in [-0.4, -0.2) is 53.0 Å². The van der Waals surface area contributed by atoms with Crippen LogP contribution < -0.4 is 0 Å². The smallest absolute Gasteiger partial charge is 0.346 e. The minimum absolute atomic E-state index is 0.0218. The molecular formula is C20H38NO5P. The molecule has 0 aromatic carbocycles. The van der Waals surface area contributed by atoms with E-state index in [0.29, 0.717) is 13.1 Å². The Morgan fingerprint density at radius 3 is 1.85 bits per heavy atom. The van der Waals surface area contributed by atoms with Gasteiger partial charge in [0.1, 0.15) is 0 Å². The Morgan fingerprint density at radius 2 is 1.48 bits per heavy atom. The van der Waals surface area contributed by atoms with Gasteiger partial charge in [-0.2, -0.15) is 0 Å². The molecular weight excluding hydrogens is 365 g/mol. The molecule has 0 aliphatic carbocycles. The lowest BCUT2D eigenvalue weighted by molar-refractivity contribution is -0.133. The molecule has 6 nitrogen and oxygen atoms in total. The van der Waals surface area contributed by atoms with Crippen LogP contribution in [0.2, 0.25) is 0 Å². The van der Waals surface area contributed by atoms with Crippen LogP contribution in [0.25, 0.3) is 0 Å². The van der Waals surface area contributed by atoms with Crippen LogP contribution in [0.5, 0.6) is 0 Å². The summed E-state index contributed by atoms with van der Waals surface area (Å²) in [5.74, 6) is -0.250. The summed E-state index contributed by atoms with van der Waals surface area (Å²) in [6, 6.07) is 0. The number of hydrogen-bond acceptors (Lipinski definition) is 5. The van der Waals surface area contributed by atoms with Gasteiger partial charge in [0, 0.05) is 13.1 Å². The fraction of sp³-hybridized carbons (Fsp3) is 0.850. The van der Waals surface area contributed by atoms with Gasteiger partial charge >= 0.3 is 7.60 Å². The van der Waals surface area contributed by atoms with E-state index in [1.807, 2.05) is 32.9 Å². The summed E-state index contributed by atoms with van der Waals surface area (Å²) in [6.07, 6.45) is 4.77. The second-order valence-corrected chi connectivity index (χ2v) is 12.0. The highest BCUT2D eigenvalue weighted by molar-refractivity contribution is 7.55. The summed E-state index contributed by atoms with van der Waals surface area (Å²) < 4.78 is 31.7. The topological polar surface area (TPSA) is 65.1 Å². The highest BCUT2D eigenvalue weighted by atomic mass is 31.2. The van der Waals surface area contributed by atoms with Crippen molar-refractivity contribution >= 4 is 13.5 Å². The molecule has 0 aromatic heterocycles. The van der Waals surface area contributed by atoms with Crippen molar-refractivity contribution < 1.29 is 23.1 Å². The Kier molecular flexibility index (Phi) is 7.91. The highest BCUT2D eigenvalue weighted by Crippen LogP contribution is 2.59. The lowest BCUT2D eigenvalue weighted by Crippen LogP contribution is -2.45. The molecule has 0 radical (unpaired) electrons. The quantitative estimate of drug-likeness (QED) is 0.472. The first-order valence-corrected chi connectivity index (χ1v) is 11.2. The van der Waals surface area contributed by atoms with Gasteiger partial charge in [-0.25, -0.2) is 0 Å². The van der Waals surface area contributed by atoms with Crippen LogP contribution in [-0.2, 0) is 23.1 Å². The molecule has 1 amide bonds. The zero-order chi connectivity index (χ0) is 21.1. The van der Waals surface area contributed by atoms with Crippen molar-refractivity contribution in [2.45, 2.75) is 91.2 Å². The van der Waals surface area contributed by atoms with Gasteiger partial charge in [-0.3, -0.25) is 9.36 Å². The van der Waals surface area contributed by atoms with Crippen LogP contribution in [0.1, 0.15) is 68.7 Å². The molecule has 0 aromatic rings. The molecule has 0 spiro atoms. The van der Waals surface area contributed by atoms with Crippen molar-refractivity contribution in [3.8, 4) is 0 Å². The fourth-order valence-corrected chi connectivity index (χ4v) is 5.10. The van der Waals surface area contributed by atoms with E-state index in [4.69, 9.17) is 13.8 Å². The van der Waals surface area contributed by atoms with E-state index in [1.54, 1.807) is 46.4 Å². The summed E-state index contributed by atoms with van der Waals surface area (Å²) in [4.78, 5) is 15.0. The molecule has 158 valence electrons. The van der Waals surface area contributed by atoms with Gasteiger partial charge in [0.05, 0.1) is 23.4 Å². The maximum atomic E-state index is 14.0. The number of hydrogen-bond donors (Lipinski definition) is 0. The van der Waals surface area contributed by atoms with E-state index in [2.05, 4.69) is 0 Å². The Labute approximate surface area is 165 Å². The number of carbonyl (C=O) groups is 1. The maximum Gasteiger partial charge on any atom is 0.346 e. The second kappa shape index (κ2) is 8.77. The number of ether oxygens (including phenoxy) is 1. The van der Waals surface area contributed by atoms with E-state index in [1.165, 1.54) is 0 Å². The van der Waals surface area contributed by atoms with Crippen molar-refractivity contribution in [3.05, 3.63) is 12.2 Å². The van der Waals surface area contributed by atoms with Crippen LogP contribution in [0.3, 0.4) is 0 Å². The predicted octanol–water partition coefficient (Wildman–Crippen LogP) is 4.78. The van der Waals surface area contributed by atoms with E-state index >= 15 is 0 Å². The minimum Gasteiger partial charge on any atom is -0.374 e. The van der Waals surface area contributed by atoms with E-state index in [0.717, 1.165) is 6.42 Å². The van der Waals surface area contributed by atoms with Gasteiger partial charge in [-0.05, 0) is 68.7 Å². The number of amides is 1. The summed E-state index contributed by atoms with van der Waals surface area (Å²) in [7, 11) is -3.82. The second-order valence-electron chi connectivity index (χ2n) is 9.93. The monoisotopic (exact) mass is 403 g/mol. The van der Waals surface area contributed by atoms with Crippen LogP contribution in [0, 0.1) is 0 Å². The van der Waals surface area contributed by atoms with Crippen LogP contribution >= 0.6 is 7.60 Å². The Morgan fingerprint density at radius 1 is 0.963 bits per heavy atom. The first kappa shape index (κ1) is 24.4. The number of carbonyl (C=O) groups excluding carboxylic acids is 1. The van der Waals surface area contributed by atoms with Gasteiger partial charge in [0.2, 0.25) is 5.91 Å². The zero-order valence-corrected chi connectivity index (χ0v) is 19.4. The molecule has 1 rings (SSSR count). The molecule has 0 N–H and O–H groups in total. The third kappa shape index (κ3) is 8.91. The van der Waals surface area contributed by atoms with Crippen molar-refractivity contribution in [2.75, 3.05) is 19.7 Å². The standard InChI is InChI=1S/C20H38NO5P/c1-18(2,3)24-15-16(17(22)21-13-11-10-12-14-21)27(23,25-19(4,5)6)26-20(7,8)9/h10-11,16H,12-15H2,1-9H3/t16-/m0/s1. The lowest BCUT2D eigenvalue weighted by Gasteiger charge is -2.38. The average Bonchev–Trinajstić information content (AvgIpc) is 2.42. The van der Waals surface area contributed by atoms with E-state index < -0.39 is 30.1 Å². The first-order valence-electron chi connectivity index (χ1n) is 9.61. The van der Waals surface area contributed by atoms with Gasteiger partial charge < -0.3 is 18.7 Å². The number of nitrogens with zero attached hydrogens (tertiary/aromatic N) is 1. The Bertz CT molecular complexity index is 561. The Hall–Kier alpha value is -0.680. The molecule has 27 heavy (non-hydrogen) atoms. The molecule has 1 aliphatic heterocycles. The van der Waals surface area contributed by atoms with Crippen LogP contribution in [0.4, 0.5) is 0 Å². The molecule has 0 fully saturated rings. The third-order valence-corrected chi connectivity index (χ3v) is 6.25. The molecule has 0 bridgehead atoms. The fourth-order valence-electron chi connectivity index (χ4n) is 2.59. The maximum absolute atomic E-state index is 14.0. The van der Waals surface area contributed by atoms with Crippen molar-refractivity contribution in [1.29, 1.82) is 0 Å². The van der Waals surface area contributed by atoms with Crippen molar-refractivity contribution in [2.24, 2.45) is 0 Å². The summed E-state index contributed by atoms with van der Waals surface area (Å²) >= 11 is 0. The third-order valence-electron chi connectivity index (χ3n) is 3.51. The summed E-state index contributed by atoms with van der Waals surface area (Å²) in [6.45, 7) is 17.6. The average molecular weight is 404 g/mol. The van der Waals surface area contributed by atoms with Gasteiger partial charge in [0.25, 0.3) is 0 Å². The molecule has 7 heteroatoms. The van der Waals surface area contributed by atoms with E-state index in [9.17, 15) is 9.36 Å². The van der Waals surface area contributed by atoms with Gasteiger partial charge in [-0.1, -0.05) is 12.2 Å². The van der Waals surface area contributed by atoms with Gasteiger partial charge in [0.15, 0.2) is 5.66 Å². The Balaban J connectivity index is 3.28.